The van der Waals surface area contributed by atoms with Crippen LogP contribution in [0, 0.1) is 0 Å². The number of esters is 1. The average Bonchev–Trinajstić information content (AvgIpc) is 3.00. The third kappa shape index (κ3) is 4.78. The molecule has 0 bridgehead atoms. The lowest BCUT2D eigenvalue weighted by Crippen LogP contribution is -2.30. The smallest absolute Gasteiger partial charge is 0.320 e. The third-order valence-corrected chi connectivity index (χ3v) is 5.50. The van der Waals surface area contributed by atoms with Crippen molar-refractivity contribution < 1.29 is 22.7 Å². The van der Waals surface area contributed by atoms with Crippen molar-refractivity contribution in [1.29, 1.82) is 0 Å². The number of carbonyl (C=O) groups excluding carboxylic acids is 2. The molecule has 0 saturated heterocycles. The largest absolute Gasteiger partial charge is 0.468 e. The highest BCUT2D eigenvalue weighted by atomic mass is 35.5. The highest BCUT2D eigenvalue weighted by molar-refractivity contribution is 7.89. The molecule has 0 saturated carbocycles. The summed E-state index contributed by atoms with van der Waals surface area (Å²) >= 11 is 6.91. The Balaban J connectivity index is 2.04. The molecule has 0 atom stereocenters. The third-order valence-electron chi connectivity index (χ3n) is 2.85. The molecule has 0 spiro atoms. The number of sulfonamides is 1. The van der Waals surface area contributed by atoms with E-state index in [0.717, 1.165) is 18.4 Å². The Hall–Kier alpha value is -1.94. The zero-order chi connectivity index (χ0) is 17.7. The van der Waals surface area contributed by atoms with Crippen LogP contribution in [0.25, 0.3) is 0 Å². The number of nitrogens with one attached hydrogen (secondary N) is 2. The van der Waals surface area contributed by atoms with Gasteiger partial charge >= 0.3 is 5.97 Å². The second-order valence-corrected chi connectivity index (χ2v) is 7.96. The number of hydrogen-bond donors (Lipinski definition) is 2. The predicted molar refractivity (Wildman–Crippen MR) is 90.9 cm³/mol. The van der Waals surface area contributed by atoms with Gasteiger partial charge in [-0.25, -0.2) is 8.42 Å². The number of methoxy groups -OCH3 is 1. The molecule has 1 aromatic carbocycles. The van der Waals surface area contributed by atoms with Crippen molar-refractivity contribution >= 4 is 50.5 Å². The van der Waals surface area contributed by atoms with E-state index in [-0.39, 0.29) is 10.8 Å². The zero-order valence-corrected chi connectivity index (χ0v) is 14.8. The number of carbonyl (C=O) groups is 2. The van der Waals surface area contributed by atoms with Crippen LogP contribution >= 0.6 is 22.9 Å². The van der Waals surface area contributed by atoms with Crippen LogP contribution in [0.4, 0.5) is 5.69 Å². The molecule has 0 aliphatic rings. The number of ether oxygens (including phenoxy) is 1. The van der Waals surface area contributed by atoms with Gasteiger partial charge in [0.2, 0.25) is 10.0 Å². The minimum Gasteiger partial charge on any atom is -0.468 e. The van der Waals surface area contributed by atoms with E-state index in [1.165, 1.54) is 24.3 Å². The molecule has 7 nitrogen and oxygen atoms in total. The summed E-state index contributed by atoms with van der Waals surface area (Å²) in [5.74, 6) is -1.04. The van der Waals surface area contributed by atoms with Crippen LogP contribution in [0.1, 0.15) is 9.67 Å². The predicted octanol–water partition coefficient (Wildman–Crippen LogP) is 2.11. The fourth-order valence-electron chi connectivity index (χ4n) is 1.66. The van der Waals surface area contributed by atoms with Crippen molar-refractivity contribution in [3.63, 3.8) is 0 Å². The second kappa shape index (κ2) is 7.75. The molecule has 0 unspecified atom stereocenters. The first-order valence-electron chi connectivity index (χ1n) is 6.55. The van der Waals surface area contributed by atoms with Gasteiger partial charge in [-0.15, -0.1) is 11.3 Å². The highest BCUT2D eigenvalue weighted by Crippen LogP contribution is 2.22. The molecule has 0 aliphatic carbocycles. The van der Waals surface area contributed by atoms with Crippen LogP contribution in [-0.2, 0) is 19.6 Å². The van der Waals surface area contributed by atoms with Crippen LogP contribution in [0.2, 0.25) is 4.34 Å². The molecule has 2 N–H and O–H groups in total. The Morgan fingerprint density at radius 2 is 1.83 bits per heavy atom. The maximum absolute atomic E-state index is 12.0. The molecule has 1 heterocycles. The van der Waals surface area contributed by atoms with Crippen LogP contribution in [0.3, 0.4) is 0 Å². The molecule has 24 heavy (non-hydrogen) atoms. The Labute approximate surface area is 147 Å². The number of halogens is 1. The Kier molecular flexibility index (Phi) is 5.94. The van der Waals surface area contributed by atoms with E-state index < -0.39 is 22.5 Å². The van der Waals surface area contributed by atoms with E-state index in [2.05, 4.69) is 14.8 Å². The first kappa shape index (κ1) is 18.4. The van der Waals surface area contributed by atoms with Crippen LogP contribution in [-0.4, -0.2) is 33.9 Å². The fourth-order valence-corrected chi connectivity index (χ4v) is 3.56. The minimum absolute atomic E-state index is 0.0384. The molecule has 1 amide bonds. The van der Waals surface area contributed by atoms with E-state index in [1.54, 1.807) is 12.1 Å². The van der Waals surface area contributed by atoms with Crippen molar-refractivity contribution in [2.45, 2.75) is 4.90 Å². The van der Waals surface area contributed by atoms with Gasteiger partial charge in [-0.05, 0) is 36.4 Å². The highest BCUT2D eigenvalue weighted by Gasteiger charge is 2.16. The summed E-state index contributed by atoms with van der Waals surface area (Å²) in [6.45, 7) is -0.462. The van der Waals surface area contributed by atoms with Gasteiger partial charge in [0, 0.05) is 5.69 Å². The summed E-state index contributed by atoms with van der Waals surface area (Å²) in [4.78, 5) is 23.4. The lowest BCUT2D eigenvalue weighted by Gasteiger charge is -2.07. The lowest BCUT2D eigenvalue weighted by atomic mass is 10.3. The molecule has 2 rings (SSSR count). The number of benzene rings is 1. The lowest BCUT2D eigenvalue weighted by molar-refractivity contribution is -0.139. The molecule has 0 fully saturated rings. The summed E-state index contributed by atoms with van der Waals surface area (Å²) < 4.78 is 31.0. The van der Waals surface area contributed by atoms with Gasteiger partial charge in [-0.2, -0.15) is 4.72 Å². The summed E-state index contributed by atoms with van der Waals surface area (Å²) in [6.07, 6.45) is 0. The van der Waals surface area contributed by atoms with Gasteiger partial charge in [-0.3, -0.25) is 9.59 Å². The molecule has 0 aliphatic heterocycles. The van der Waals surface area contributed by atoms with Crippen molar-refractivity contribution in [2.75, 3.05) is 19.0 Å². The standard InChI is InChI=1S/C14H13ClN2O5S2/c1-22-13(18)8-16-24(20,21)10-4-2-9(3-5-10)17-14(19)11-6-7-12(15)23-11/h2-7,16H,8H2,1H3,(H,17,19). The molecule has 128 valence electrons. The Morgan fingerprint density at radius 1 is 1.17 bits per heavy atom. The minimum atomic E-state index is -3.84. The SMILES string of the molecule is COC(=O)CNS(=O)(=O)c1ccc(NC(=O)c2ccc(Cl)s2)cc1. The summed E-state index contributed by atoms with van der Waals surface area (Å²) in [7, 11) is -2.68. The first-order chi connectivity index (χ1) is 11.3. The average molecular weight is 389 g/mol. The summed E-state index contributed by atoms with van der Waals surface area (Å²) in [6, 6.07) is 8.73. The molecular weight excluding hydrogens is 376 g/mol. The van der Waals surface area contributed by atoms with Gasteiger partial charge in [0.25, 0.3) is 5.91 Å². The van der Waals surface area contributed by atoms with E-state index in [9.17, 15) is 18.0 Å². The number of anilines is 1. The fraction of sp³-hybridized carbons (Fsp3) is 0.143. The van der Waals surface area contributed by atoms with Crippen molar-refractivity contribution in [3.8, 4) is 0 Å². The van der Waals surface area contributed by atoms with Crippen molar-refractivity contribution in [2.24, 2.45) is 0 Å². The van der Waals surface area contributed by atoms with Gasteiger partial charge in [0.15, 0.2) is 0 Å². The van der Waals surface area contributed by atoms with Crippen molar-refractivity contribution in [1.82, 2.24) is 4.72 Å². The van der Waals surface area contributed by atoms with E-state index in [0.29, 0.717) is 14.9 Å². The summed E-state index contributed by atoms with van der Waals surface area (Å²) in [5, 5.41) is 2.63. The summed E-state index contributed by atoms with van der Waals surface area (Å²) in [5.41, 5.74) is 0.427. The van der Waals surface area contributed by atoms with E-state index >= 15 is 0 Å². The maximum atomic E-state index is 12.0. The van der Waals surface area contributed by atoms with Gasteiger partial charge in [0.1, 0.15) is 6.54 Å². The van der Waals surface area contributed by atoms with Gasteiger partial charge < -0.3 is 10.1 Å². The first-order valence-corrected chi connectivity index (χ1v) is 9.23. The van der Waals surface area contributed by atoms with Gasteiger partial charge in [-0.1, -0.05) is 11.6 Å². The molecular formula is C14H13ClN2O5S2. The van der Waals surface area contributed by atoms with E-state index in [4.69, 9.17) is 11.6 Å². The second-order valence-electron chi connectivity index (χ2n) is 4.48. The van der Waals surface area contributed by atoms with Gasteiger partial charge in [0.05, 0.1) is 21.2 Å². The quantitative estimate of drug-likeness (QED) is 0.738. The topological polar surface area (TPSA) is 102 Å². The number of thiophene rings is 1. The number of amides is 1. The van der Waals surface area contributed by atoms with Crippen LogP contribution in [0.5, 0.6) is 0 Å². The number of hydrogen-bond acceptors (Lipinski definition) is 6. The van der Waals surface area contributed by atoms with Crippen molar-refractivity contribution in [3.05, 3.63) is 45.6 Å². The normalized spacial score (nSPS) is 11.1. The van der Waals surface area contributed by atoms with E-state index in [1.807, 2.05) is 0 Å². The maximum Gasteiger partial charge on any atom is 0.320 e. The van der Waals surface area contributed by atoms with Crippen LogP contribution < -0.4 is 10.0 Å². The molecule has 0 radical (unpaired) electrons. The number of rotatable bonds is 6. The van der Waals surface area contributed by atoms with Crippen LogP contribution in [0.15, 0.2) is 41.3 Å². The monoisotopic (exact) mass is 388 g/mol. The molecule has 1 aromatic heterocycles. The molecule has 10 heteroatoms. The Bertz CT molecular complexity index is 846. The molecule has 2 aromatic rings. The zero-order valence-electron chi connectivity index (χ0n) is 12.4. The Morgan fingerprint density at radius 3 is 2.38 bits per heavy atom.